The molecule has 0 unspecified atom stereocenters. The van der Waals surface area contributed by atoms with Crippen LogP contribution in [0.2, 0.25) is 0 Å². The van der Waals surface area contributed by atoms with E-state index in [-0.39, 0.29) is 0 Å². The number of hydrogen-bond donors (Lipinski definition) is 1. The monoisotopic (exact) mass is 332 g/mol. The van der Waals surface area contributed by atoms with E-state index in [1.807, 2.05) is 12.1 Å². The summed E-state index contributed by atoms with van der Waals surface area (Å²) in [5, 5.41) is 3.68. The Morgan fingerprint density at radius 2 is 1.62 bits per heavy atom. The van der Waals surface area contributed by atoms with E-state index in [9.17, 15) is 0 Å². The second-order valence-electron chi connectivity index (χ2n) is 7.17. The molecule has 1 aromatic carbocycles. The summed E-state index contributed by atoms with van der Waals surface area (Å²) < 4.78 is 10.8. The lowest BCUT2D eigenvalue weighted by Crippen LogP contribution is -2.44. The molecule has 4 heteroatoms. The van der Waals surface area contributed by atoms with Gasteiger partial charge in [-0.3, -0.25) is 0 Å². The number of piperidine rings is 1. The van der Waals surface area contributed by atoms with Gasteiger partial charge in [-0.15, -0.1) is 0 Å². The van der Waals surface area contributed by atoms with Crippen molar-refractivity contribution in [2.75, 3.05) is 32.6 Å². The minimum atomic E-state index is 0.536. The first-order chi connectivity index (χ1) is 11.8. The van der Waals surface area contributed by atoms with Gasteiger partial charge in [-0.1, -0.05) is 25.7 Å². The molecule has 1 aliphatic carbocycles. The highest BCUT2D eigenvalue weighted by Gasteiger charge is 2.25. The molecule has 134 valence electrons. The summed E-state index contributed by atoms with van der Waals surface area (Å²) in [7, 11) is 3.40. The topological polar surface area (TPSA) is 33.7 Å². The van der Waals surface area contributed by atoms with Crippen LogP contribution in [-0.2, 0) is 0 Å². The van der Waals surface area contributed by atoms with Crippen LogP contribution in [0, 0.1) is 0 Å². The summed E-state index contributed by atoms with van der Waals surface area (Å²) in [5.74, 6) is 1.70. The van der Waals surface area contributed by atoms with Gasteiger partial charge in [0.2, 0.25) is 0 Å². The Morgan fingerprint density at radius 1 is 0.917 bits per heavy atom. The summed E-state index contributed by atoms with van der Waals surface area (Å²) in [5.41, 5.74) is 1.08. The Labute approximate surface area is 146 Å². The van der Waals surface area contributed by atoms with Crippen LogP contribution in [0.3, 0.4) is 0 Å². The van der Waals surface area contributed by atoms with Crippen LogP contribution in [-0.4, -0.2) is 44.3 Å². The van der Waals surface area contributed by atoms with Gasteiger partial charge in [-0.25, -0.2) is 0 Å². The van der Waals surface area contributed by atoms with Crippen molar-refractivity contribution >= 4 is 5.69 Å². The number of methoxy groups -OCH3 is 2. The molecule has 0 amide bonds. The molecule has 3 rings (SSSR count). The zero-order valence-corrected chi connectivity index (χ0v) is 15.2. The standard InChI is InChI=1S/C20H32N2O2/c1-23-18-9-10-19(20(15-18)24-2)21-16-11-13-22(14-12-16)17-7-5-3-4-6-8-17/h9-10,15-17,21H,3-8,11-14H2,1-2H3. The van der Waals surface area contributed by atoms with Crippen molar-refractivity contribution in [3.05, 3.63) is 18.2 Å². The van der Waals surface area contributed by atoms with E-state index in [1.54, 1.807) is 14.2 Å². The number of likely N-dealkylation sites (tertiary alicyclic amines) is 1. The van der Waals surface area contributed by atoms with Gasteiger partial charge >= 0.3 is 0 Å². The highest BCUT2D eigenvalue weighted by molar-refractivity contribution is 5.59. The Balaban J connectivity index is 1.53. The molecule has 0 bridgehead atoms. The molecule has 1 N–H and O–H groups in total. The third-order valence-corrected chi connectivity index (χ3v) is 5.64. The third kappa shape index (κ3) is 4.35. The molecule has 0 atom stereocenters. The highest BCUT2D eigenvalue weighted by Crippen LogP contribution is 2.31. The predicted molar refractivity (Wildman–Crippen MR) is 99.3 cm³/mol. The van der Waals surface area contributed by atoms with Crippen LogP contribution in [0.25, 0.3) is 0 Å². The quantitative estimate of drug-likeness (QED) is 0.815. The molecule has 1 aliphatic heterocycles. The first-order valence-corrected chi connectivity index (χ1v) is 9.53. The van der Waals surface area contributed by atoms with Gasteiger partial charge < -0.3 is 19.7 Å². The molecule has 1 aromatic rings. The molecular weight excluding hydrogens is 300 g/mol. The molecule has 2 aliphatic rings. The van der Waals surface area contributed by atoms with Gasteiger partial charge in [-0.2, -0.15) is 0 Å². The van der Waals surface area contributed by atoms with Gasteiger partial charge in [0.1, 0.15) is 11.5 Å². The minimum absolute atomic E-state index is 0.536. The zero-order valence-electron chi connectivity index (χ0n) is 15.2. The average Bonchev–Trinajstić information content (AvgIpc) is 2.92. The summed E-state index contributed by atoms with van der Waals surface area (Å²) in [4.78, 5) is 2.74. The summed E-state index contributed by atoms with van der Waals surface area (Å²) in [6, 6.07) is 7.38. The SMILES string of the molecule is COc1ccc(NC2CCN(C3CCCCCC3)CC2)c(OC)c1. The Kier molecular flexibility index (Phi) is 6.24. The van der Waals surface area contributed by atoms with E-state index < -0.39 is 0 Å². The van der Waals surface area contributed by atoms with Crippen molar-refractivity contribution in [3.8, 4) is 11.5 Å². The van der Waals surface area contributed by atoms with E-state index in [4.69, 9.17) is 9.47 Å². The fraction of sp³-hybridized carbons (Fsp3) is 0.700. The highest BCUT2D eigenvalue weighted by atomic mass is 16.5. The van der Waals surface area contributed by atoms with Crippen LogP contribution >= 0.6 is 0 Å². The van der Waals surface area contributed by atoms with Crippen molar-refractivity contribution in [3.63, 3.8) is 0 Å². The lowest BCUT2D eigenvalue weighted by Gasteiger charge is -2.38. The van der Waals surface area contributed by atoms with E-state index in [1.165, 1.54) is 64.5 Å². The third-order valence-electron chi connectivity index (χ3n) is 5.64. The van der Waals surface area contributed by atoms with E-state index >= 15 is 0 Å². The number of ether oxygens (including phenoxy) is 2. The van der Waals surface area contributed by atoms with Gasteiger partial charge in [0.05, 0.1) is 19.9 Å². The lowest BCUT2D eigenvalue weighted by molar-refractivity contribution is 0.143. The predicted octanol–water partition coefficient (Wildman–Crippen LogP) is 4.30. The maximum atomic E-state index is 5.51. The van der Waals surface area contributed by atoms with Gasteiger partial charge in [0, 0.05) is 31.2 Å². The molecule has 1 saturated heterocycles. The van der Waals surface area contributed by atoms with Crippen LogP contribution in [0.1, 0.15) is 51.4 Å². The second kappa shape index (κ2) is 8.61. The fourth-order valence-corrected chi connectivity index (χ4v) is 4.17. The lowest BCUT2D eigenvalue weighted by atomic mass is 9.99. The van der Waals surface area contributed by atoms with Crippen molar-refractivity contribution in [2.45, 2.75) is 63.5 Å². The first kappa shape index (κ1) is 17.4. The average molecular weight is 332 g/mol. The number of nitrogens with one attached hydrogen (secondary N) is 1. The molecule has 0 spiro atoms. The van der Waals surface area contributed by atoms with Crippen molar-refractivity contribution in [1.29, 1.82) is 0 Å². The number of anilines is 1. The molecule has 1 heterocycles. The van der Waals surface area contributed by atoms with E-state index in [2.05, 4.69) is 16.3 Å². The van der Waals surface area contributed by atoms with Gasteiger partial charge in [0.25, 0.3) is 0 Å². The maximum absolute atomic E-state index is 5.51. The summed E-state index contributed by atoms with van der Waals surface area (Å²) in [6.07, 6.45) is 11.0. The molecular formula is C20H32N2O2. The van der Waals surface area contributed by atoms with Gasteiger partial charge in [0.15, 0.2) is 0 Å². The Hall–Kier alpha value is -1.42. The van der Waals surface area contributed by atoms with Crippen LogP contribution in [0.4, 0.5) is 5.69 Å². The van der Waals surface area contributed by atoms with Crippen LogP contribution in [0.15, 0.2) is 18.2 Å². The summed E-state index contributed by atoms with van der Waals surface area (Å²) >= 11 is 0. The molecule has 24 heavy (non-hydrogen) atoms. The first-order valence-electron chi connectivity index (χ1n) is 9.53. The number of nitrogens with zero attached hydrogens (tertiary/aromatic N) is 1. The number of rotatable bonds is 5. The number of benzene rings is 1. The van der Waals surface area contributed by atoms with Crippen molar-refractivity contribution < 1.29 is 9.47 Å². The normalized spacial score (nSPS) is 21.2. The Bertz CT molecular complexity index is 504. The maximum Gasteiger partial charge on any atom is 0.145 e. The summed E-state index contributed by atoms with van der Waals surface area (Å²) in [6.45, 7) is 2.45. The van der Waals surface area contributed by atoms with Crippen molar-refractivity contribution in [2.24, 2.45) is 0 Å². The number of hydrogen-bond acceptors (Lipinski definition) is 4. The Morgan fingerprint density at radius 3 is 2.25 bits per heavy atom. The molecule has 2 fully saturated rings. The largest absolute Gasteiger partial charge is 0.497 e. The van der Waals surface area contributed by atoms with E-state index in [0.29, 0.717) is 6.04 Å². The van der Waals surface area contributed by atoms with E-state index in [0.717, 1.165) is 23.2 Å². The van der Waals surface area contributed by atoms with Crippen molar-refractivity contribution in [1.82, 2.24) is 4.90 Å². The molecule has 0 radical (unpaired) electrons. The smallest absolute Gasteiger partial charge is 0.145 e. The molecule has 0 aromatic heterocycles. The molecule has 1 saturated carbocycles. The zero-order chi connectivity index (χ0) is 16.8. The van der Waals surface area contributed by atoms with Crippen LogP contribution < -0.4 is 14.8 Å². The minimum Gasteiger partial charge on any atom is -0.497 e. The van der Waals surface area contributed by atoms with Gasteiger partial charge in [-0.05, 0) is 37.8 Å². The second-order valence-corrected chi connectivity index (χ2v) is 7.17. The van der Waals surface area contributed by atoms with Crippen LogP contribution in [0.5, 0.6) is 11.5 Å². The fourth-order valence-electron chi connectivity index (χ4n) is 4.17. The molecule has 4 nitrogen and oxygen atoms in total.